The van der Waals surface area contributed by atoms with Crippen molar-refractivity contribution < 1.29 is 4.74 Å². The standard InChI is InChI=1S/C25H23N5O/c26-14-6-8-19-7-4-9-20(15-19)29-24-17-25(28-18-27-24)30-21-10-5-13-23(16-21)31-22-11-2-1-3-12-22/h1-7,9-18H,8,26H2,(H2,27,28,29,30). The van der Waals surface area contributed by atoms with Crippen molar-refractivity contribution in [1.82, 2.24) is 9.97 Å². The van der Waals surface area contributed by atoms with Gasteiger partial charge in [0.1, 0.15) is 29.5 Å². The average Bonchev–Trinajstić information content (AvgIpc) is 2.79. The summed E-state index contributed by atoms with van der Waals surface area (Å²) in [7, 11) is 0. The van der Waals surface area contributed by atoms with Gasteiger partial charge >= 0.3 is 0 Å². The average molecular weight is 409 g/mol. The van der Waals surface area contributed by atoms with E-state index in [0.29, 0.717) is 11.6 Å². The highest BCUT2D eigenvalue weighted by atomic mass is 16.5. The van der Waals surface area contributed by atoms with E-state index in [-0.39, 0.29) is 0 Å². The maximum absolute atomic E-state index is 5.90. The summed E-state index contributed by atoms with van der Waals surface area (Å²) in [6.45, 7) is 0. The first-order chi connectivity index (χ1) is 15.3. The van der Waals surface area contributed by atoms with Gasteiger partial charge < -0.3 is 21.1 Å². The van der Waals surface area contributed by atoms with E-state index in [1.807, 2.05) is 78.9 Å². The molecule has 0 saturated carbocycles. The Morgan fingerprint density at radius 2 is 1.42 bits per heavy atom. The van der Waals surface area contributed by atoms with Gasteiger partial charge in [-0.3, -0.25) is 0 Å². The second-order valence-corrected chi connectivity index (χ2v) is 6.81. The Balaban J connectivity index is 1.45. The second-order valence-electron chi connectivity index (χ2n) is 6.81. The van der Waals surface area contributed by atoms with Crippen LogP contribution in [0.1, 0.15) is 5.56 Å². The van der Waals surface area contributed by atoms with Crippen LogP contribution in [0.5, 0.6) is 11.5 Å². The van der Waals surface area contributed by atoms with Gasteiger partial charge in [-0.05, 0) is 54.6 Å². The predicted octanol–water partition coefficient (Wildman–Crippen LogP) is 5.77. The van der Waals surface area contributed by atoms with E-state index in [1.165, 1.54) is 6.33 Å². The molecule has 0 bridgehead atoms. The van der Waals surface area contributed by atoms with E-state index in [4.69, 9.17) is 10.5 Å². The quantitative estimate of drug-likeness (QED) is 0.342. The highest BCUT2D eigenvalue weighted by molar-refractivity contribution is 5.64. The summed E-state index contributed by atoms with van der Waals surface area (Å²) < 4.78 is 5.90. The van der Waals surface area contributed by atoms with Crippen LogP contribution in [0.3, 0.4) is 0 Å². The topological polar surface area (TPSA) is 85.1 Å². The van der Waals surface area contributed by atoms with Crippen molar-refractivity contribution in [2.45, 2.75) is 6.42 Å². The zero-order chi connectivity index (χ0) is 21.3. The highest BCUT2D eigenvalue weighted by Crippen LogP contribution is 2.26. The predicted molar refractivity (Wildman–Crippen MR) is 125 cm³/mol. The van der Waals surface area contributed by atoms with E-state index in [2.05, 4.69) is 32.7 Å². The van der Waals surface area contributed by atoms with E-state index in [9.17, 15) is 0 Å². The van der Waals surface area contributed by atoms with Crippen LogP contribution in [-0.4, -0.2) is 9.97 Å². The molecule has 0 aliphatic rings. The molecule has 1 heterocycles. The molecule has 4 aromatic rings. The van der Waals surface area contributed by atoms with Gasteiger partial charge in [-0.2, -0.15) is 0 Å². The molecule has 0 aliphatic heterocycles. The van der Waals surface area contributed by atoms with E-state index >= 15 is 0 Å². The lowest BCUT2D eigenvalue weighted by Gasteiger charge is -2.11. The molecule has 0 radical (unpaired) electrons. The largest absolute Gasteiger partial charge is 0.457 e. The molecular formula is C25H23N5O. The Hall–Kier alpha value is -4.32. The Labute approximate surface area is 181 Å². The number of para-hydroxylation sites is 1. The van der Waals surface area contributed by atoms with Gasteiger partial charge in [0.25, 0.3) is 0 Å². The molecule has 1 aromatic heterocycles. The molecule has 4 rings (SSSR count). The fraction of sp³-hybridized carbons (Fsp3) is 0.0400. The highest BCUT2D eigenvalue weighted by Gasteiger charge is 2.03. The van der Waals surface area contributed by atoms with Gasteiger partial charge in [0.2, 0.25) is 0 Å². The first kappa shape index (κ1) is 20.0. The smallest absolute Gasteiger partial charge is 0.135 e. The van der Waals surface area contributed by atoms with Crippen LogP contribution in [0.2, 0.25) is 0 Å². The summed E-state index contributed by atoms with van der Waals surface area (Å²) in [6, 6.07) is 27.4. The van der Waals surface area contributed by atoms with E-state index in [1.54, 1.807) is 6.20 Å². The summed E-state index contributed by atoms with van der Waals surface area (Å²) in [5.74, 6) is 2.90. The van der Waals surface area contributed by atoms with Crippen LogP contribution in [0.25, 0.3) is 0 Å². The Bertz CT molecular complexity index is 1160. The van der Waals surface area contributed by atoms with Crippen LogP contribution >= 0.6 is 0 Å². The van der Waals surface area contributed by atoms with E-state index in [0.717, 1.165) is 34.9 Å². The Morgan fingerprint density at radius 3 is 2.16 bits per heavy atom. The molecule has 3 aromatic carbocycles. The molecule has 0 amide bonds. The van der Waals surface area contributed by atoms with Crippen LogP contribution in [-0.2, 0) is 6.42 Å². The molecule has 6 heteroatoms. The molecule has 4 N–H and O–H groups in total. The number of nitrogens with two attached hydrogens (primary N) is 1. The normalized spacial score (nSPS) is 10.7. The Kier molecular flexibility index (Phi) is 6.40. The van der Waals surface area contributed by atoms with Crippen molar-refractivity contribution in [3.05, 3.63) is 109 Å². The number of anilines is 4. The number of benzene rings is 3. The van der Waals surface area contributed by atoms with Gasteiger partial charge in [-0.15, -0.1) is 0 Å². The van der Waals surface area contributed by atoms with Gasteiger partial charge in [0.05, 0.1) is 0 Å². The minimum absolute atomic E-state index is 0.677. The lowest BCUT2D eigenvalue weighted by molar-refractivity contribution is 0.483. The third kappa shape index (κ3) is 5.83. The van der Waals surface area contributed by atoms with Crippen LogP contribution in [0.4, 0.5) is 23.0 Å². The summed E-state index contributed by atoms with van der Waals surface area (Å²) >= 11 is 0. The van der Waals surface area contributed by atoms with Crippen molar-refractivity contribution in [3.63, 3.8) is 0 Å². The second kappa shape index (κ2) is 9.93. The first-order valence-electron chi connectivity index (χ1n) is 9.93. The lowest BCUT2D eigenvalue weighted by Crippen LogP contribution is -1.99. The molecule has 0 spiro atoms. The van der Waals surface area contributed by atoms with Crippen molar-refractivity contribution in [1.29, 1.82) is 0 Å². The minimum Gasteiger partial charge on any atom is -0.457 e. The maximum atomic E-state index is 5.90. The van der Waals surface area contributed by atoms with Crippen molar-refractivity contribution >= 4 is 23.0 Å². The zero-order valence-electron chi connectivity index (χ0n) is 16.9. The third-order valence-corrected chi connectivity index (χ3v) is 4.44. The molecular weight excluding hydrogens is 386 g/mol. The monoisotopic (exact) mass is 409 g/mol. The van der Waals surface area contributed by atoms with E-state index < -0.39 is 0 Å². The molecule has 31 heavy (non-hydrogen) atoms. The number of rotatable bonds is 8. The van der Waals surface area contributed by atoms with Crippen LogP contribution in [0.15, 0.2) is 104 Å². The lowest BCUT2D eigenvalue weighted by atomic mass is 10.1. The number of aromatic nitrogens is 2. The molecule has 0 aliphatic carbocycles. The van der Waals surface area contributed by atoms with Crippen LogP contribution in [0, 0.1) is 0 Å². The van der Waals surface area contributed by atoms with Crippen molar-refractivity contribution in [3.8, 4) is 11.5 Å². The Morgan fingerprint density at radius 1 is 0.742 bits per heavy atom. The fourth-order valence-electron chi connectivity index (χ4n) is 3.03. The minimum atomic E-state index is 0.677. The summed E-state index contributed by atoms with van der Waals surface area (Å²) in [5.41, 5.74) is 8.42. The summed E-state index contributed by atoms with van der Waals surface area (Å²) in [5, 5.41) is 6.62. The first-order valence-corrected chi connectivity index (χ1v) is 9.93. The molecule has 0 unspecified atom stereocenters. The number of nitrogens with zero attached hydrogens (tertiary/aromatic N) is 2. The molecule has 6 nitrogen and oxygen atoms in total. The number of hydrogen-bond donors (Lipinski definition) is 3. The number of ether oxygens (including phenoxy) is 1. The van der Waals surface area contributed by atoms with Crippen molar-refractivity contribution in [2.24, 2.45) is 5.73 Å². The zero-order valence-corrected chi connectivity index (χ0v) is 16.9. The SMILES string of the molecule is NC=CCc1cccc(Nc2cc(Nc3cccc(Oc4ccccc4)c3)ncn2)c1. The van der Waals surface area contributed by atoms with Gasteiger partial charge in [-0.25, -0.2) is 9.97 Å². The van der Waals surface area contributed by atoms with Gasteiger partial charge in [-0.1, -0.05) is 42.5 Å². The number of allylic oxidation sites excluding steroid dienone is 1. The number of hydrogen-bond acceptors (Lipinski definition) is 6. The molecule has 154 valence electrons. The molecule has 0 fully saturated rings. The molecule has 0 saturated heterocycles. The molecule has 0 atom stereocenters. The van der Waals surface area contributed by atoms with Crippen molar-refractivity contribution in [2.75, 3.05) is 10.6 Å². The van der Waals surface area contributed by atoms with Crippen LogP contribution < -0.4 is 21.1 Å². The number of nitrogens with one attached hydrogen (secondary N) is 2. The summed E-state index contributed by atoms with van der Waals surface area (Å²) in [6.07, 6.45) is 5.78. The fourth-order valence-corrected chi connectivity index (χ4v) is 3.03. The van der Waals surface area contributed by atoms with Gasteiger partial charge in [0, 0.05) is 23.5 Å². The third-order valence-electron chi connectivity index (χ3n) is 4.44. The summed E-state index contributed by atoms with van der Waals surface area (Å²) in [4.78, 5) is 8.64. The maximum Gasteiger partial charge on any atom is 0.135 e. The van der Waals surface area contributed by atoms with Gasteiger partial charge in [0.15, 0.2) is 0 Å².